The highest BCUT2D eigenvalue weighted by Crippen LogP contribution is 2.52. The van der Waals surface area contributed by atoms with Crippen molar-refractivity contribution in [1.29, 1.82) is 0 Å². The fraction of sp³-hybridized carbons (Fsp3) is 0.303. The Morgan fingerprint density at radius 3 is 2.59 bits per heavy atom. The van der Waals surface area contributed by atoms with Gasteiger partial charge in [-0.25, -0.2) is 0 Å². The molecule has 0 saturated carbocycles. The molecule has 4 N–H and O–H groups in total. The maximum Gasteiger partial charge on any atom is 0.488 e. The molecule has 224 valence electrons. The third-order valence-electron chi connectivity index (χ3n) is 9.10. The number of nitrogens with zero attached hydrogens (tertiary/aromatic N) is 2. The van der Waals surface area contributed by atoms with Crippen LogP contribution in [0, 0.1) is 17.8 Å². The molecule has 0 radical (unpaired) electrons. The summed E-state index contributed by atoms with van der Waals surface area (Å²) in [5, 5.41) is 40.7. The van der Waals surface area contributed by atoms with Crippen molar-refractivity contribution in [3.63, 3.8) is 0 Å². The summed E-state index contributed by atoms with van der Waals surface area (Å²) in [7, 11) is -2.83. The van der Waals surface area contributed by atoms with Crippen molar-refractivity contribution >= 4 is 48.9 Å². The van der Waals surface area contributed by atoms with Crippen LogP contribution < -0.4 is 10.4 Å². The Kier molecular flexibility index (Phi) is 8.55. The van der Waals surface area contributed by atoms with E-state index in [1.807, 2.05) is 43.3 Å². The third-order valence-corrected chi connectivity index (χ3v) is 9.10. The summed E-state index contributed by atoms with van der Waals surface area (Å²) in [4.78, 5) is 33.4. The van der Waals surface area contributed by atoms with Crippen molar-refractivity contribution < 1.29 is 34.4 Å². The number of pyridine rings is 1. The Morgan fingerprint density at radius 1 is 1.07 bits per heavy atom. The van der Waals surface area contributed by atoms with Crippen molar-refractivity contribution in [3.05, 3.63) is 95.3 Å². The Bertz CT molecular complexity index is 1630. The monoisotopic (exact) mass is 592 g/mol. The predicted molar refractivity (Wildman–Crippen MR) is 168 cm³/mol. The van der Waals surface area contributed by atoms with Gasteiger partial charge in [-0.05, 0) is 90.9 Å². The molecule has 2 aliphatic heterocycles. The topological polar surface area (TPSA) is 140 Å². The molecular weight excluding hydrogens is 558 g/mol. The molecule has 0 bridgehead atoms. The lowest BCUT2D eigenvalue weighted by atomic mass is 9.58. The summed E-state index contributed by atoms with van der Waals surface area (Å²) in [5.41, 5.74) is 4.87. The Hall–Kier alpha value is -4.02. The highest BCUT2D eigenvalue weighted by Gasteiger charge is 2.57. The lowest BCUT2D eigenvalue weighted by Gasteiger charge is -2.43. The number of carbonyl (C=O) groups excluding carboxylic acids is 2. The summed E-state index contributed by atoms with van der Waals surface area (Å²) in [6.07, 6.45) is 5.50. The normalized spacial score (nSPS) is 23.6. The SMILES string of the molecule is CCC1=C2[C@@H](CC/C(=C/c3ccccc3O)c3ccccn3)OB(O)C[C@@H]2[C@@H]2C(=O)N(c3cccc(B(O)O)c3)C(=O)[C@@H]2C1. The van der Waals surface area contributed by atoms with Crippen LogP contribution in [0.2, 0.25) is 6.32 Å². The molecule has 2 fully saturated rings. The number of allylic oxidation sites excluding steroid dienone is 2. The van der Waals surface area contributed by atoms with Gasteiger partial charge in [0, 0.05) is 11.8 Å². The van der Waals surface area contributed by atoms with Crippen LogP contribution in [0.15, 0.2) is 84.1 Å². The number of aromatic hydroxyl groups is 1. The summed E-state index contributed by atoms with van der Waals surface area (Å²) in [5.74, 6) is -2.08. The number of phenolic OH excluding ortho intramolecular Hbond substituents is 1. The van der Waals surface area contributed by atoms with E-state index >= 15 is 0 Å². The van der Waals surface area contributed by atoms with Gasteiger partial charge in [-0.2, -0.15) is 0 Å². The number of anilines is 1. The number of carbonyl (C=O) groups is 2. The molecule has 0 spiro atoms. The second-order valence-electron chi connectivity index (χ2n) is 11.6. The van der Waals surface area contributed by atoms with Crippen LogP contribution in [0.5, 0.6) is 5.75 Å². The molecule has 6 rings (SSSR count). The number of aromatic nitrogens is 1. The largest absolute Gasteiger partial charge is 0.507 e. The molecule has 3 heterocycles. The minimum atomic E-state index is -1.73. The van der Waals surface area contributed by atoms with E-state index in [2.05, 4.69) is 4.98 Å². The molecule has 9 nitrogen and oxygen atoms in total. The van der Waals surface area contributed by atoms with Crippen molar-refractivity contribution in [3.8, 4) is 5.75 Å². The summed E-state index contributed by atoms with van der Waals surface area (Å²) < 4.78 is 6.15. The number of para-hydroxylation sites is 1. The van der Waals surface area contributed by atoms with Crippen LogP contribution in [0.4, 0.5) is 5.69 Å². The zero-order valence-electron chi connectivity index (χ0n) is 24.4. The zero-order chi connectivity index (χ0) is 31.0. The predicted octanol–water partition coefficient (Wildman–Crippen LogP) is 3.20. The van der Waals surface area contributed by atoms with Crippen LogP contribution in [0.1, 0.15) is 43.9 Å². The number of hydrogen-bond donors (Lipinski definition) is 4. The van der Waals surface area contributed by atoms with Crippen LogP contribution >= 0.6 is 0 Å². The van der Waals surface area contributed by atoms with E-state index in [9.17, 15) is 29.8 Å². The number of imide groups is 1. The molecule has 1 aliphatic carbocycles. The van der Waals surface area contributed by atoms with Gasteiger partial charge < -0.3 is 24.8 Å². The molecule has 2 amide bonds. The van der Waals surface area contributed by atoms with Crippen LogP contribution in [0.25, 0.3) is 11.6 Å². The minimum absolute atomic E-state index is 0.160. The molecule has 0 unspecified atom stereocenters. The number of amides is 2. The molecule has 2 aromatic carbocycles. The first kappa shape index (κ1) is 30.0. The maximum atomic E-state index is 14.0. The van der Waals surface area contributed by atoms with Crippen LogP contribution in [0.3, 0.4) is 0 Å². The van der Waals surface area contributed by atoms with Gasteiger partial charge in [0.25, 0.3) is 0 Å². The summed E-state index contributed by atoms with van der Waals surface area (Å²) in [6, 6.07) is 18.9. The molecule has 3 aliphatic rings. The third kappa shape index (κ3) is 5.64. The number of benzene rings is 2. The van der Waals surface area contributed by atoms with Crippen molar-refractivity contribution in [2.75, 3.05) is 4.90 Å². The lowest BCUT2D eigenvalue weighted by molar-refractivity contribution is -0.122. The number of fused-ring (bicyclic) bond motifs is 3. The molecular formula is C33H34B2N2O7. The molecule has 2 saturated heterocycles. The average Bonchev–Trinajstić information content (AvgIpc) is 3.28. The fourth-order valence-corrected chi connectivity index (χ4v) is 7.09. The van der Waals surface area contributed by atoms with Gasteiger partial charge in [0.05, 0.1) is 29.3 Å². The quantitative estimate of drug-likeness (QED) is 0.178. The van der Waals surface area contributed by atoms with E-state index in [0.717, 1.165) is 22.4 Å². The zero-order valence-corrected chi connectivity index (χ0v) is 24.4. The second kappa shape index (κ2) is 12.5. The number of rotatable bonds is 8. The van der Waals surface area contributed by atoms with E-state index in [4.69, 9.17) is 4.65 Å². The minimum Gasteiger partial charge on any atom is -0.507 e. The summed E-state index contributed by atoms with van der Waals surface area (Å²) >= 11 is 0. The van der Waals surface area contributed by atoms with E-state index in [0.29, 0.717) is 36.9 Å². The standard InChI is InChI=1S/C33H34B2N2O7/c1-2-20-17-25-31(33(40)37(32(25)39)24-10-7-9-23(18-24)35(42)43)26-19-34(41)44-29(30(20)26)14-13-21(27-11-5-6-15-36-27)16-22-8-3-4-12-28(22)38/h3-12,15-16,18,25-26,29,31,38,41-43H,2,13-14,17,19H2,1H3/b21-16-/t25-,26+,29-,31-/m1/s1. The Morgan fingerprint density at radius 2 is 1.86 bits per heavy atom. The fourth-order valence-electron chi connectivity index (χ4n) is 7.09. The second-order valence-corrected chi connectivity index (χ2v) is 11.6. The highest BCUT2D eigenvalue weighted by atomic mass is 16.5. The lowest BCUT2D eigenvalue weighted by Crippen LogP contribution is -2.46. The Balaban J connectivity index is 1.31. The first-order valence-corrected chi connectivity index (χ1v) is 15.1. The van der Waals surface area contributed by atoms with E-state index in [-0.39, 0.29) is 35.3 Å². The van der Waals surface area contributed by atoms with Gasteiger partial charge in [-0.15, -0.1) is 0 Å². The van der Waals surface area contributed by atoms with Crippen LogP contribution in [-0.2, 0) is 14.2 Å². The van der Waals surface area contributed by atoms with Gasteiger partial charge in [0.1, 0.15) is 5.75 Å². The summed E-state index contributed by atoms with van der Waals surface area (Å²) in [6.45, 7) is 2.03. The van der Waals surface area contributed by atoms with Gasteiger partial charge in [0.2, 0.25) is 11.8 Å². The maximum absolute atomic E-state index is 14.0. The van der Waals surface area contributed by atoms with Gasteiger partial charge in [-0.1, -0.05) is 48.9 Å². The van der Waals surface area contributed by atoms with Gasteiger partial charge >= 0.3 is 14.2 Å². The number of hydrogen-bond acceptors (Lipinski definition) is 8. The smallest absolute Gasteiger partial charge is 0.488 e. The van der Waals surface area contributed by atoms with E-state index in [1.165, 1.54) is 17.0 Å². The first-order valence-electron chi connectivity index (χ1n) is 15.1. The van der Waals surface area contributed by atoms with Crippen molar-refractivity contribution in [1.82, 2.24) is 4.98 Å². The molecule has 11 heteroatoms. The van der Waals surface area contributed by atoms with Crippen molar-refractivity contribution in [2.45, 2.75) is 45.0 Å². The van der Waals surface area contributed by atoms with Gasteiger partial charge in [0.15, 0.2) is 0 Å². The Labute approximate surface area is 256 Å². The average molecular weight is 592 g/mol. The molecule has 1 aromatic heterocycles. The van der Waals surface area contributed by atoms with Gasteiger partial charge in [-0.3, -0.25) is 19.5 Å². The first-order chi connectivity index (χ1) is 21.3. The molecule has 44 heavy (non-hydrogen) atoms. The highest BCUT2D eigenvalue weighted by molar-refractivity contribution is 6.58. The van der Waals surface area contributed by atoms with E-state index < -0.39 is 32.2 Å². The molecule has 3 aromatic rings. The molecule has 4 atom stereocenters. The van der Waals surface area contributed by atoms with Crippen molar-refractivity contribution in [2.24, 2.45) is 17.8 Å². The number of phenols is 1. The van der Waals surface area contributed by atoms with Crippen LogP contribution in [-0.4, -0.2) is 57.3 Å². The van der Waals surface area contributed by atoms with E-state index in [1.54, 1.807) is 30.5 Å².